The molecule has 3 heterocycles. The van der Waals surface area contributed by atoms with Gasteiger partial charge in [0.05, 0.1) is 24.6 Å². The van der Waals surface area contributed by atoms with Crippen LogP contribution in [0.3, 0.4) is 0 Å². The summed E-state index contributed by atoms with van der Waals surface area (Å²) in [4.78, 5) is 34.7. The van der Waals surface area contributed by atoms with Gasteiger partial charge < -0.3 is 9.15 Å². The van der Waals surface area contributed by atoms with Crippen molar-refractivity contribution in [2.75, 3.05) is 12.9 Å². The van der Waals surface area contributed by atoms with Crippen molar-refractivity contribution in [1.82, 2.24) is 19.1 Å². The number of fused-ring (bicyclic) bond motifs is 1. The Kier molecular flexibility index (Phi) is 6.11. The van der Waals surface area contributed by atoms with Crippen LogP contribution < -0.4 is 21.1 Å². The van der Waals surface area contributed by atoms with E-state index in [9.17, 15) is 18.0 Å². The number of nitrogens with zero attached hydrogens (tertiary/aromatic N) is 4. The smallest absolute Gasteiger partial charge is 0.331 e. The van der Waals surface area contributed by atoms with Crippen LogP contribution in [-0.2, 0) is 29.5 Å². The molecule has 3 aromatic heterocycles. The predicted octanol–water partition coefficient (Wildman–Crippen LogP) is 0.753. The predicted molar refractivity (Wildman–Crippen MR) is 120 cm³/mol. The second-order valence-electron chi connectivity index (χ2n) is 7.22. The number of sulfonamides is 1. The fourth-order valence-corrected chi connectivity index (χ4v) is 3.97. The largest absolute Gasteiger partial charge is 0.496 e. The molecule has 4 rings (SSSR count). The van der Waals surface area contributed by atoms with Gasteiger partial charge in [-0.3, -0.25) is 13.9 Å². The number of hydrogen-bond acceptors (Lipinski definition) is 8. The summed E-state index contributed by atoms with van der Waals surface area (Å²) < 4.78 is 35.8. The molecule has 0 bridgehead atoms. The molecule has 2 N–H and O–H groups in total. The molecule has 11 nitrogen and oxygen atoms in total. The number of primary sulfonamides is 1. The van der Waals surface area contributed by atoms with Gasteiger partial charge in [0, 0.05) is 13.1 Å². The minimum Gasteiger partial charge on any atom is -0.496 e. The van der Waals surface area contributed by atoms with E-state index in [1.54, 1.807) is 19.2 Å². The fraction of sp³-hybridized carbons (Fsp3) is 0.238. The Bertz CT molecular complexity index is 1520. The highest BCUT2D eigenvalue weighted by Gasteiger charge is 2.18. The molecule has 1 aromatic carbocycles. The van der Waals surface area contributed by atoms with E-state index in [2.05, 4.69) is 9.97 Å². The van der Waals surface area contributed by atoms with Gasteiger partial charge in [0.15, 0.2) is 5.52 Å². The van der Waals surface area contributed by atoms with E-state index in [0.29, 0.717) is 23.4 Å². The van der Waals surface area contributed by atoms with Crippen molar-refractivity contribution in [3.05, 3.63) is 75.3 Å². The highest BCUT2D eigenvalue weighted by atomic mass is 32.2. The van der Waals surface area contributed by atoms with Gasteiger partial charge in [-0.1, -0.05) is 18.2 Å². The van der Waals surface area contributed by atoms with E-state index in [0.717, 1.165) is 10.1 Å². The molecule has 0 aliphatic heterocycles. The minimum atomic E-state index is -3.90. The molecule has 0 atom stereocenters. The molecule has 0 unspecified atom stereocenters. The average Bonchev–Trinajstić information content (AvgIpc) is 3.33. The van der Waals surface area contributed by atoms with Crippen LogP contribution >= 0.6 is 0 Å². The summed E-state index contributed by atoms with van der Waals surface area (Å²) in [6, 6.07) is 10.6. The van der Waals surface area contributed by atoms with E-state index >= 15 is 0 Å². The molecule has 12 heteroatoms. The molecule has 0 saturated carbocycles. The normalized spacial score (nSPS) is 11.7. The maximum Gasteiger partial charge on any atom is 0.331 e. The Morgan fingerprint density at radius 3 is 2.58 bits per heavy atom. The number of rotatable bonds is 8. The summed E-state index contributed by atoms with van der Waals surface area (Å²) in [5, 5.41) is 5.09. The van der Waals surface area contributed by atoms with Gasteiger partial charge in [-0.05, 0) is 30.2 Å². The van der Waals surface area contributed by atoms with Crippen molar-refractivity contribution in [1.29, 1.82) is 0 Å². The van der Waals surface area contributed by atoms with Gasteiger partial charge in [0.1, 0.15) is 17.7 Å². The number of ether oxygens (including phenoxy) is 1. The first kappa shape index (κ1) is 22.4. The number of para-hydroxylation sites is 1. The van der Waals surface area contributed by atoms with Crippen molar-refractivity contribution in [3.8, 4) is 17.3 Å². The zero-order chi connectivity index (χ0) is 23.6. The molecule has 0 radical (unpaired) electrons. The third-order valence-electron chi connectivity index (χ3n) is 5.12. The first-order valence-electron chi connectivity index (χ1n) is 9.95. The molecule has 172 valence electrons. The summed E-state index contributed by atoms with van der Waals surface area (Å²) >= 11 is 0. The molecule has 0 amide bonds. The van der Waals surface area contributed by atoms with Gasteiger partial charge in [0.2, 0.25) is 15.9 Å². The van der Waals surface area contributed by atoms with Crippen molar-refractivity contribution < 1.29 is 17.6 Å². The maximum absolute atomic E-state index is 13.2. The lowest BCUT2D eigenvalue weighted by Crippen LogP contribution is -2.42. The zero-order valence-electron chi connectivity index (χ0n) is 17.7. The molecular weight excluding hydrogens is 450 g/mol. The third-order valence-corrected chi connectivity index (χ3v) is 5.87. The Hall–Kier alpha value is -3.77. The summed E-state index contributed by atoms with van der Waals surface area (Å²) in [7, 11) is -2.34. The molecule has 0 fully saturated rings. The molecule has 0 aliphatic carbocycles. The number of oxazole rings is 1. The van der Waals surface area contributed by atoms with Crippen molar-refractivity contribution in [2.24, 2.45) is 5.14 Å². The summed E-state index contributed by atoms with van der Waals surface area (Å²) in [5.74, 6) is 0.306. The third kappa shape index (κ3) is 4.71. The van der Waals surface area contributed by atoms with Crippen LogP contribution in [0.25, 0.3) is 22.6 Å². The van der Waals surface area contributed by atoms with Gasteiger partial charge in [-0.15, -0.1) is 0 Å². The number of nitrogens with two attached hydrogens (primary N) is 1. The second-order valence-corrected chi connectivity index (χ2v) is 8.96. The van der Waals surface area contributed by atoms with E-state index in [4.69, 9.17) is 14.3 Å². The average molecular weight is 471 g/mol. The van der Waals surface area contributed by atoms with Crippen molar-refractivity contribution in [2.45, 2.75) is 19.5 Å². The lowest BCUT2D eigenvalue weighted by atomic mass is 10.1. The maximum atomic E-state index is 13.2. The number of aromatic nitrogens is 4. The van der Waals surface area contributed by atoms with Crippen LogP contribution in [0.4, 0.5) is 0 Å². The summed E-state index contributed by atoms with van der Waals surface area (Å²) in [5.41, 5.74) is 0.0864. The highest BCUT2D eigenvalue weighted by Crippen LogP contribution is 2.20. The van der Waals surface area contributed by atoms with Crippen LogP contribution in [0.5, 0.6) is 5.75 Å². The number of hydrogen-bond donors (Lipinski definition) is 1. The van der Waals surface area contributed by atoms with Crippen LogP contribution in [0, 0.1) is 0 Å². The first-order chi connectivity index (χ1) is 15.8. The molecule has 0 aliphatic rings. The van der Waals surface area contributed by atoms with E-state index < -0.39 is 33.6 Å². The second kappa shape index (κ2) is 9.00. The Morgan fingerprint density at radius 1 is 1.09 bits per heavy atom. The van der Waals surface area contributed by atoms with Gasteiger partial charge in [-0.2, -0.15) is 0 Å². The molecule has 33 heavy (non-hydrogen) atoms. The van der Waals surface area contributed by atoms with E-state index in [1.165, 1.54) is 17.0 Å². The van der Waals surface area contributed by atoms with E-state index in [1.807, 2.05) is 24.3 Å². The number of benzene rings is 1. The lowest BCUT2D eigenvalue weighted by molar-refractivity contribution is 0.408. The van der Waals surface area contributed by atoms with Gasteiger partial charge >= 0.3 is 5.69 Å². The molecular formula is C21H21N5O6S. The Labute approximate surface area is 188 Å². The van der Waals surface area contributed by atoms with Crippen LogP contribution in [0.2, 0.25) is 0 Å². The van der Waals surface area contributed by atoms with E-state index in [-0.39, 0.29) is 18.0 Å². The van der Waals surface area contributed by atoms with Gasteiger partial charge in [-0.25, -0.2) is 28.3 Å². The summed E-state index contributed by atoms with van der Waals surface area (Å²) in [6.07, 6.45) is 3.24. The topological polar surface area (TPSA) is 152 Å². The minimum absolute atomic E-state index is 0.0141. The zero-order valence-corrected chi connectivity index (χ0v) is 18.5. The fourth-order valence-electron chi connectivity index (χ4n) is 3.53. The lowest BCUT2D eigenvalue weighted by Gasteiger charge is -2.15. The van der Waals surface area contributed by atoms with Gasteiger partial charge in [0.25, 0.3) is 5.56 Å². The van der Waals surface area contributed by atoms with Crippen LogP contribution in [0.1, 0.15) is 5.56 Å². The highest BCUT2D eigenvalue weighted by molar-refractivity contribution is 7.89. The van der Waals surface area contributed by atoms with Crippen molar-refractivity contribution in [3.63, 3.8) is 0 Å². The Balaban J connectivity index is 1.86. The first-order valence-corrected chi connectivity index (χ1v) is 11.7. The van der Waals surface area contributed by atoms with Crippen LogP contribution in [-0.4, -0.2) is 40.4 Å². The molecule has 0 spiro atoms. The molecule has 0 saturated heterocycles. The number of aryl methyl sites for hydroxylation is 2. The Morgan fingerprint density at radius 2 is 1.88 bits per heavy atom. The SMILES string of the molecule is COc1ccccc1CCn1c(=O)n(CCS(N)(=O)=O)c(=O)c2nc(-c3ncco3)ccc21. The summed E-state index contributed by atoms with van der Waals surface area (Å²) in [6.45, 7) is -0.197. The number of pyridine rings is 1. The standard InChI is InChI=1S/C21H21N5O6S/c1-31-17-5-3-2-4-14(17)8-10-25-16-7-6-15(19-23-9-12-32-19)24-18(16)20(27)26(21(25)28)11-13-33(22,29)30/h2-7,9,12H,8,10-11,13H2,1H3,(H2,22,29,30). The number of methoxy groups -OCH3 is 1. The monoisotopic (exact) mass is 471 g/mol. The van der Waals surface area contributed by atoms with Crippen LogP contribution in [0.15, 0.2) is 62.9 Å². The molecule has 4 aromatic rings. The van der Waals surface area contributed by atoms with Crippen molar-refractivity contribution >= 4 is 21.1 Å². The quantitative estimate of drug-likeness (QED) is 0.395.